The van der Waals surface area contributed by atoms with Gasteiger partial charge in [-0.15, -0.1) is 17.0 Å². The van der Waals surface area contributed by atoms with Gasteiger partial charge < -0.3 is 20.9 Å². The van der Waals surface area contributed by atoms with Gasteiger partial charge in [0.15, 0.2) is 5.03 Å². The number of hydrazone groups is 1. The second-order valence-electron chi connectivity index (χ2n) is 14.5. The molecule has 1 aromatic carbocycles. The molecular formula is C33H48BrN7O7. The number of aliphatic carboxylic acids is 1. The number of ether oxygens (including phenoxy) is 1. The van der Waals surface area contributed by atoms with Crippen molar-refractivity contribution in [1.29, 1.82) is 0 Å². The summed E-state index contributed by atoms with van der Waals surface area (Å²) in [5, 5.41) is 31.8. The van der Waals surface area contributed by atoms with Gasteiger partial charge in [-0.05, 0) is 124 Å². The molecule has 2 saturated heterocycles. The van der Waals surface area contributed by atoms with Crippen LogP contribution in [0.15, 0.2) is 29.4 Å². The van der Waals surface area contributed by atoms with Crippen molar-refractivity contribution in [2.75, 3.05) is 25.0 Å². The third-order valence-corrected chi connectivity index (χ3v) is 11.1. The van der Waals surface area contributed by atoms with Crippen LogP contribution in [0.1, 0.15) is 82.6 Å². The van der Waals surface area contributed by atoms with Crippen LogP contribution in [0.3, 0.4) is 0 Å². The third-order valence-electron chi connectivity index (χ3n) is 11.1. The summed E-state index contributed by atoms with van der Waals surface area (Å²) in [7, 11) is 0. The fourth-order valence-electron chi connectivity index (χ4n) is 9.45. The van der Waals surface area contributed by atoms with Gasteiger partial charge in [0.25, 0.3) is 11.9 Å². The van der Waals surface area contributed by atoms with Crippen molar-refractivity contribution in [3.63, 3.8) is 0 Å². The molecule has 4 aliphatic carbocycles. The van der Waals surface area contributed by atoms with Crippen LogP contribution in [0, 0.1) is 33.3 Å². The zero-order chi connectivity index (χ0) is 33.1. The van der Waals surface area contributed by atoms with Gasteiger partial charge in [-0.1, -0.05) is 12.1 Å². The van der Waals surface area contributed by atoms with E-state index in [1.807, 2.05) is 17.1 Å². The molecular weight excluding hydrogens is 686 g/mol. The molecule has 6 aliphatic rings. The predicted octanol–water partition coefficient (Wildman–Crippen LogP) is 3.68. The van der Waals surface area contributed by atoms with Gasteiger partial charge in [-0.2, -0.15) is 0 Å². The Bertz CT molecular complexity index is 1340. The Balaban J connectivity index is 0.00000451. The fourth-order valence-corrected chi connectivity index (χ4v) is 9.45. The van der Waals surface area contributed by atoms with Gasteiger partial charge in [0.1, 0.15) is 17.2 Å². The van der Waals surface area contributed by atoms with Crippen LogP contribution < -0.4 is 16.4 Å². The van der Waals surface area contributed by atoms with Crippen molar-refractivity contribution < 1.29 is 29.3 Å². The predicted molar refractivity (Wildman–Crippen MR) is 183 cm³/mol. The molecule has 6 fully saturated rings. The summed E-state index contributed by atoms with van der Waals surface area (Å²) in [6.07, 6.45) is 11.8. The van der Waals surface area contributed by atoms with Crippen LogP contribution in [0.4, 0.5) is 5.69 Å². The summed E-state index contributed by atoms with van der Waals surface area (Å²) in [6.45, 7) is 1.58. The van der Waals surface area contributed by atoms with Gasteiger partial charge in [0.05, 0.1) is 12.6 Å². The van der Waals surface area contributed by atoms with Crippen molar-refractivity contribution in [1.82, 2.24) is 15.3 Å². The minimum absolute atomic E-state index is 0. The average Bonchev–Trinajstić information content (AvgIpc) is 3.16. The standard InChI is InChI=1S/C33H47N7O7.BrH/c34-32(37-40(45)46)35-25-8-5-21(6-9-25)7-10-27(31(44)47-14-11-33-18-22-15-23(19-33)17-24(16-22)20-33)36-26-3-1-12-38-13-2-4-28(30(42)43)39(38)29(26)41;/h5-6,8-9,22-24,26-28,36H,1-4,7,10-20H2,(H,42,43)(H3,34,35,37);1H/t22?,23?,24?,26-,27-,28-,33?;/m0./s1. The molecule has 4 bridgehead atoms. The minimum Gasteiger partial charge on any atom is -0.480 e. The quantitative estimate of drug-likeness (QED) is 0.0805. The lowest BCUT2D eigenvalue weighted by Crippen LogP contribution is -2.61. The number of fused-ring (bicyclic) bond motifs is 1. The molecule has 15 heteroatoms. The van der Waals surface area contributed by atoms with Crippen molar-refractivity contribution in [2.24, 2.45) is 34.0 Å². The molecule has 2 heterocycles. The molecule has 0 radical (unpaired) electrons. The number of nitrogens with two attached hydrogens (primary N) is 1. The van der Waals surface area contributed by atoms with Crippen molar-refractivity contribution in [3.8, 4) is 0 Å². The molecule has 0 unspecified atom stereocenters. The Labute approximate surface area is 291 Å². The Morgan fingerprint density at radius 1 is 1.08 bits per heavy atom. The highest BCUT2D eigenvalue weighted by Gasteiger charge is 2.50. The van der Waals surface area contributed by atoms with E-state index in [1.54, 1.807) is 12.1 Å². The number of nitrogens with one attached hydrogen (secondary N) is 2. The van der Waals surface area contributed by atoms with Gasteiger partial charge in [0.2, 0.25) is 0 Å². The largest absolute Gasteiger partial charge is 0.480 e. The van der Waals surface area contributed by atoms with E-state index in [0.717, 1.165) is 29.7 Å². The third kappa shape index (κ3) is 8.46. The van der Waals surface area contributed by atoms with Gasteiger partial charge in [-0.3, -0.25) is 19.9 Å². The van der Waals surface area contributed by atoms with E-state index in [0.29, 0.717) is 63.9 Å². The number of carboxylic acids is 1. The molecule has 3 atom stereocenters. The number of hydrogen-bond donors (Lipinski definition) is 4. The average molecular weight is 735 g/mol. The number of esters is 1. The van der Waals surface area contributed by atoms with E-state index in [9.17, 15) is 29.6 Å². The second-order valence-corrected chi connectivity index (χ2v) is 14.5. The summed E-state index contributed by atoms with van der Waals surface area (Å²) in [6, 6.07) is 4.71. The van der Waals surface area contributed by atoms with Crippen LogP contribution >= 0.6 is 17.0 Å². The number of carbonyl (C=O) groups is 3. The van der Waals surface area contributed by atoms with Crippen LogP contribution in [0.5, 0.6) is 0 Å². The highest BCUT2D eigenvalue weighted by atomic mass is 79.9. The fraction of sp³-hybridized carbons (Fsp3) is 0.697. The van der Waals surface area contributed by atoms with Crippen LogP contribution in [-0.2, 0) is 25.5 Å². The molecule has 4 saturated carbocycles. The van der Waals surface area contributed by atoms with E-state index in [2.05, 4.69) is 15.7 Å². The molecule has 5 N–H and O–H groups in total. The smallest absolute Gasteiger partial charge is 0.328 e. The van der Waals surface area contributed by atoms with E-state index in [1.165, 1.54) is 43.5 Å². The van der Waals surface area contributed by atoms with Crippen LogP contribution in [0.2, 0.25) is 0 Å². The number of benzene rings is 1. The Morgan fingerprint density at radius 2 is 1.71 bits per heavy atom. The maximum absolute atomic E-state index is 13.8. The Hall–Kier alpha value is -3.30. The number of nitro groups is 1. The summed E-state index contributed by atoms with van der Waals surface area (Å²) >= 11 is 0. The maximum atomic E-state index is 13.8. The Morgan fingerprint density at radius 3 is 2.31 bits per heavy atom. The number of halogens is 1. The lowest BCUT2D eigenvalue weighted by atomic mass is 9.49. The minimum atomic E-state index is -1.02. The summed E-state index contributed by atoms with van der Waals surface area (Å²) in [5.74, 6) is 0.381. The first-order valence-electron chi connectivity index (χ1n) is 17.2. The lowest BCUT2D eigenvalue weighted by molar-refractivity contribution is -0.485. The Kier molecular flexibility index (Phi) is 11.6. The number of carbonyl (C=O) groups excluding carboxylic acids is 2. The van der Waals surface area contributed by atoms with E-state index in [4.69, 9.17) is 10.5 Å². The molecule has 14 nitrogen and oxygen atoms in total. The second kappa shape index (κ2) is 15.5. The lowest BCUT2D eigenvalue weighted by Gasteiger charge is -2.57. The van der Waals surface area contributed by atoms with E-state index >= 15 is 0 Å². The number of aryl methyl sites for hydroxylation is 1. The van der Waals surface area contributed by atoms with Gasteiger partial charge in [-0.25, -0.2) is 19.9 Å². The first-order chi connectivity index (χ1) is 22.6. The summed E-state index contributed by atoms with van der Waals surface area (Å²) in [5.41, 5.74) is 7.27. The first-order valence-corrected chi connectivity index (χ1v) is 17.2. The normalized spacial score (nSPS) is 30.5. The van der Waals surface area contributed by atoms with Crippen molar-refractivity contribution in [3.05, 3.63) is 39.9 Å². The summed E-state index contributed by atoms with van der Waals surface area (Å²) < 4.78 is 5.98. The monoisotopic (exact) mass is 733 g/mol. The highest BCUT2D eigenvalue weighted by molar-refractivity contribution is 8.93. The molecule has 1 aromatic rings. The highest BCUT2D eigenvalue weighted by Crippen LogP contribution is 2.61. The molecule has 264 valence electrons. The molecule has 7 rings (SSSR count). The molecule has 0 aromatic heterocycles. The number of hydrazine groups is 1. The summed E-state index contributed by atoms with van der Waals surface area (Å²) in [4.78, 5) is 50.2. The number of hydrogen-bond acceptors (Lipinski definition) is 8. The van der Waals surface area contributed by atoms with Gasteiger partial charge in [0, 0.05) is 18.8 Å². The topological polar surface area (TPSA) is 193 Å². The van der Waals surface area contributed by atoms with Gasteiger partial charge >= 0.3 is 11.9 Å². The van der Waals surface area contributed by atoms with E-state index in [-0.39, 0.29) is 40.2 Å². The molecule has 2 aliphatic heterocycles. The number of amides is 1. The van der Waals surface area contributed by atoms with Crippen molar-refractivity contribution >= 4 is 46.5 Å². The zero-order valence-electron chi connectivity index (χ0n) is 27.3. The van der Waals surface area contributed by atoms with Crippen LogP contribution in [-0.4, -0.2) is 81.8 Å². The SMILES string of the molecule is Br.NC(=N[N+](=O)[O-])Nc1ccc(CC[C@H](N[C@H]2CCCN3CCC[C@@H](C(=O)O)N3C2=O)C(=O)OCCC23CC4CC(CC(C4)C2)C3)cc1. The van der Waals surface area contributed by atoms with Crippen LogP contribution in [0.25, 0.3) is 0 Å². The molecule has 1 amide bonds. The maximum Gasteiger partial charge on any atom is 0.328 e. The van der Waals surface area contributed by atoms with E-state index < -0.39 is 29.1 Å². The number of rotatable bonds is 12. The molecule has 48 heavy (non-hydrogen) atoms. The van der Waals surface area contributed by atoms with Crippen molar-refractivity contribution in [2.45, 2.75) is 102 Å². The number of carboxylic acid groups (broad SMARTS) is 1. The molecule has 0 spiro atoms. The number of guanidine groups is 1. The number of anilines is 1. The zero-order valence-corrected chi connectivity index (χ0v) is 29.0. The number of nitrogens with zero attached hydrogens (tertiary/aromatic N) is 4. The first kappa shape index (κ1) is 36.0.